The lowest BCUT2D eigenvalue weighted by atomic mass is 10.2. The Morgan fingerprint density at radius 2 is 2.17 bits per heavy atom. The second-order valence-corrected chi connectivity index (χ2v) is 5.45. The van der Waals surface area contributed by atoms with E-state index in [-0.39, 0.29) is 0 Å². The highest BCUT2D eigenvalue weighted by molar-refractivity contribution is 7.15. The molecule has 0 saturated carbocycles. The molecule has 0 amide bonds. The predicted molar refractivity (Wildman–Crippen MR) is 76.9 cm³/mol. The Morgan fingerprint density at radius 1 is 1.39 bits per heavy atom. The lowest BCUT2D eigenvalue weighted by molar-refractivity contribution is 0.603. The van der Waals surface area contributed by atoms with E-state index >= 15 is 0 Å². The lowest BCUT2D eigenvalue weighted by Crippen LogP contribution is -2.17. The first-order valence-electron chi connectivity index (χ1n) is 6.26. The molecule has 4 heteroatoms. The third-order valence-electron chi connectivity index (χ3n) is 2.95. The van der Waals surface area contributed by atoms with Gasteiger partial charge in [-0.05, 0) is 38.9 Å². The quantitative estimate of drug-likeness (QED) is 0.915. The van der Waals surface area contributed by atoms with Gasteiger partial charge in [0.15, 0.2) is 0 Å². The molecule has 1 atom stereocenters. The van der Waals surface area contributed by atoms with Crippen LogP contribution in [0.15, 0.2) is 18.3 Å². The van der Waals surface area contributed by atoms with Crippen molar-refractivity contribution in [3.05, 3.63) is 34.5 Å². The fraction of sp³-hybridized carbons (Fsp3) is 0.429. The van der Waals surface area contributed by atoms with Crippen LogP contribution in [0.1, 0.15) is 36.0 Å². The van der Waals surface area contributed by atoms with Crippen LogP contribution in [0.3, 0.4) is 0 Å². The molecule has 1 unspecified atom stereocenters. The van der Waals surface area contributed by atoms with E-state index in [0.29, 0.717) is 6.04 Å². The van der Waals surface area contributed by atoms with Gasteiger partial charge in [0, 0.05) is 17.1 Å². The van der Waals surface area contributed by atoms with Crippen molar-refractivity contribution in [1.29, 1.82) is 0 Å². The molecule has 0 aliphatic carbocycles. The largest absolute Gasteiger partial charge is 0.310 e. The zero-order valence-corrected chi connectivity index (χ0v) is 12.1. The molecule has 2 heterocycles. The van der Waals surface area contributed by atoms with Crippen molar-refractivity contribution in [2.75, 3.05) is 6.54 Å². The van der Waals surface area contributed by atoms with Crippen LogP contribution in [-0.2, 0) is 0 Å². The fourth-order valence-corrected chi connectivity index (χ4v) is 3.17. The zero-order chi connectivity index (χ0) is 13.1. The Hall–Kier alpha value is -1.26. The number of nitrogens with one attached hydrogen (secondary N) is 1. The summed E-state index contributed by atoms with van der Waals surface area (Å²) in [6, 6.07) is 4.39. The zero-order valence-electron chi connectivity index (χ0n) is 11.3. The first-order valence-corrected chi connectivity index (χ1v) is 7.07. The van der Waals surface area contributed by atoms with E-state index < -0.39 is 0 Å². The van der Waals surface area contributed by atoms with E-state index in [2.05, 4.69) is 49.0 Å². The van der Waals surface area contributed by atoms with Crippen LogP contribution < -0.4 is 5.32 Å². The first-order chi connectivity index (χ1) is 8.63. The average Bonchev–Trinajstić information content (AvgIpc) is 2.72. The summed E-state index contributed by atoms with van der Waals surface area (Å²) in [6.07, 6.45) is 1.83. The van der Waals surface area contributed by atoms with Crippen LogP contribution in [0.4, 0.5) is 0 Å². The van der Waals surface area contributed by atoms with E-state index in [1.807, 2.05) is 12.3 Å². The highest BCUT2D eigenvalue weighted by Crippen LogP contribution is 2.31. The molecule has 0 bridgehead atoms. The van der Waals surface area contributed by atoms with Gasteiger partial charge >= 0.3 is 0 Å². The van der Waals surface area contributed by atoms with Crippen LogP contribution in [0.25, 0.3) is 10.7 Å². The maximum Gasteiger partial charge on any atom is 0.142 e. The van der Waals surface area contributed by atoms with Crippen molar-refractivity contribution in [2.24, 2.45) is 0 Å². The van der Waals surface area contributed by atoms with Gasteiger partial charge < -0.3 is 5.32 Å². The molecule has 96 valence electrons. The minimum Gasteiger partial charge on any atom is -0.310 e. The number of aromatic nitrogens is 2. The molecular weight excluding hydrogens is 242 g/mol. The van der Waals surface area contributed by atoms with Gasteiger partial charge in [-0.3, -0.25) is 4.98 Å². The topological polar surface area (TPSA) is 37.8 Å². The first kappa shape index (κ1) is 13.2. The van der Waals surface area contributed by atoms with Crippen molar-refractivity contribution in [2.45, 2.75) is 33.7 Å². The minimum atomic E-state index is 0.352. The Kier molecular flexibility index (Phi) is 4.09. The molecular formula is C14H19N3S. The van der Waals surface area contributed by atoms with E-state index in [1.54, 1.807) is 11.3 Å². The fourth-order valence-electron chi connectivity index (χ4n) is 2.02. The number of rotatable bonds is 4. The minimum absolute atomic E-state index is 0.352. The molecule has 0 aromatic carbocycles. The van der Waals surface area contributed by atoms with E-state index in [1.165, 1.54) is 10.4 Å². The Labute approximate surface area is 112 Å². The van der Waals surface area contributed by atoms with E-state index in [4.69, 9.17) is 0 Å². The monoisotopic (exact) mass is 261 g/mol. The molecule has 18 heavy (non-hydrogen) atoms. The van der Waals surface area contributed by atoms with Crippen molar-refractivity contribution < 1.29 is 0 Å². The summed E-state index contributed by atoms with van der Waals surface area (Å²) in [4.78, 5) is 10.4. The van der Waals surface area contributed by atoms with Gasteiger partial charge in [0.1, 0.15) is 10.7 Å². The number of aryl methyl sites for hydroxylation is 2. The van der Waals surface area contributed by atoms with Gasteiger partial charge in [0.25, 0.3) is 0 Å². The highest BCUT2D eigenvalue weighted by atomic mass is 32.1. The van der Waals surface area contributed by atoms with Crippen LogP contribution in [-0.4, -0.2) is 16.5 Å². The molecule has 2 aromatic heterocycles. The van der Waals surface area contributed by atoms with Gasteiger partial charge in [-0.2, -0.15) is 0 Å². The molecule has 2 aromatic rings. The Morgan fingerprint density at radius 3 is 2.83 bits per heavy atom. The molecule has 0 saturated heterocycles. The maximum absolute atomic E-state index is 4.66. The van der Waals surface area contributed by atoms with E-state index in [0.717, 1.165) is 22.9 Å². The molecule has 0 aliphatic heterocycles. The van der Waals surface area contributed by atoms with E-state index in [9.17, 15) is 0 Å². The number of hydrogen-bond donors (Lipinski definition) is 1. The second kappa shape index (κ2) is 5.59. The van der Waals surface area contributed by atoms with Gasteiger partial charge in [-0.1, -0.05) is 13.0 Å². The Balaban J connectivity index is 2.37. The summed E-state index contributed by atoms with van der Waals surface area (Å²) >= 11 is 1.74. The SMILES string of the molecule is CCNC(C)c1sc(-c2ncccc2C)nc1C. The summed E-state index contributed by atoms with van der Waals surface area (Å²) in [6.45, 7) is 9.42. The predicted octanol–water partition coefficient (Wildman–Crippen LogP) is 3.49. The van der Waals surface area contributed by atoms with Crippen LogP contribution >= 0.6 is 11.3 Å². The van der Waals surface area contributed by atoms with Crippen LogP contribution in [0, 0.1) is 13.8 Å². The molecule has 0 spiro atoms. The van der Waals surface area contributed by atoms with Crippen molar-refractivity contribution >= 4 is 11.3 Å². The maximum atomic E-state index is 4.66. The number of thiazole rings is 1. The summed E-state index contributed by atoms with van der Waals surface area (Å²) in [5.41, 5.74) is 3.28. The molecule has 0 aliphatic rings. The van der Waals surface area contributed by atoms with Crippen molar-refractivity contribution in [3.8, 4) is 10.7 Å². The third kappa shape index (κ3) is 2.60. The lowest BCUT2D eigenvalue weighted by Gasteiger charge is -2.09. The smallest absolute Gasteiger partial charge is 0.142 e. The van der Waals surface area contributed by atoms with Crippen LogP contribution in [0.2, 0.25) is 0 Å². The average molecular weight is 261 g/mol. The summed E-state index contributed by atoms with van der Waals surface area (Å²) in [7, 11) is 0. The standard InChI is InChI=1S/C14H19N3S/c1-5-15-10(3)13-11(4)17-14(18-13)12-9(2)7-6-8-16-12/h6-8,10,15H,5H2,1-4H3. The normalized spacial score (nSPS) is 12.7. The van der Waals surface area contributed by atoms with Gasteiger partial charge in [0.05, 0.1) is 5.69 Å². The summed E-state index contributed by atoms with van der Waals surface area (Å²) < 4.78 is 0. The summed E-state index contributed by atoms with van der Waals surface area (Å²) in [5, 5.41) is 4.45. The van der Waals surface area contributed by atoms with Gasteiger partial charge in [-0.15, -0.1) is 11.3 Å². The van der Waals surface area contributed by atoms with Gasteiger partial charge in [-0.25, -0.2) is 4.98 Å². The Bertz CT molecular complexity index is 534. The third-order valence-corrected chi connectivity index (χ3v) is 4.29. The molecule has 3 nitrogen and oxygen atoms in total. The molecule has 0 fully saturated rings. The van der Waals surface area contributed by atoms with Crippen molar-refractivity contribution in [1.82, 2.24) is 15.3 Å². The number of nitrogens with zero attached hydrogens (tertiary/aromatic N) is 2. The number of pyridine rings is 1. The molecule has 1 N–H and O–H groups in total. The highest BCUT2D eigenvalue weighted by Gasteiger charge is 2.15. The summed E-state index contributed by atoms with van der Waals surface area (Å²) in [5.74, 6) is 0. The van der Waals surface area contributed by atoms with Crippen molar-refractivity contribution in [3.63, 3.8) is 0 Å². The molecule has 2 rings (SSSR count). The number of hydrogen-bond acceptors (Lipinski definition) is 4. The van der Waals surface area contributed by atoms with Crippen LogP contribution in [0.5, 0.6) is 0 Å². The second-order valence-electron chi connectivity index (χ2n) is 4.42. The van der Waals surface area contributed by atoms with Gasteiger partial charge in [0.2, 0.25) is 0 Å². The molecule has 0 radical (unpaired) electrons.